The van der Waals surface area contributed by atoms with E-state index in [0.717, 1.165) is 17.7 Å². The smallest absolute Gasteiger partial charge is 0.236 e. The molecular weight excluding hydrogens is 379 g/mol. The third kappa shape index (κ3) is 5.10. The molecule has 0 atom stereocenters. The molecule has 0 aliphatic carbocycles. The van der Waals surface area contributed by atoms with Crippen molar-refractivity contribution in [1.82, 2.24) is 0 Å². The first-order valence-corrected chi connectivity index (χ1v) is 11.1. The highest BCUT2D eigenvalue weighted by Gasteiger charge is 2.24. The normalized spacial score (nSPS) is 14.3. The summed E-state index contributed by atoms with van der Waals surface area (Å²) in [6.07, 6.45) is 1.92. The van der Waals surface area contributed by atoms with Crippen LogP contribution in [0.1, 0.15) is 37.8 Å². The minimum atomic E-state index is -3.67. The number of fused-ring (bicyclic) bond motifs is 1. The van der Waals surface area contributed by atoms with Gasteiger partial charge in [-0.2, -0.15) is 0 Å². The number of aryl methyl sites for hydroxylation is 1. The lowest BCUT2D eigenvalue weighted by molar-refractivity contribution is -0.118. The molecule has 0 bridgehead atoms. The number of sulfonamides is 1. The van der Waals surface area contributed by atoms with E-state index < -0.39 is 15.8 Å². The van der Waals surface area contributed by atoms with E-state index in [2.05, 4.69) is 18.6 Å². The Bertz CT molecular complexity index is 973. The maximum absolute atomic E-state index is 13.3. The molecule has 1 amide bonds. The molecule has 0 saturated heterocycles. The summed E-state index contributed by atoms with van der Waals surface area (Å²) in [5, 5.41) is 0. The van der Waals surface area contributed by atoms with Gasteiger partial charge in [-0.25, -0.2) is 12.8 Å². The van der Waals surface area contributed by atoms with Gasteiger partial charge >= 0.3 is 0 Å². The second-order valence-electron chi connectivity index (χ2n) is 7.56. The number of amides is 1. The Labute approximate surface area is 165 Å². The Kier molecular flexibility index (Phi) is 6.03. The number of carbonyl (C=O) groups excluding carboxylic acids is 1. The monoisotopic (exact) mass is 404 g/mol. The van der Waals surface area contributed by atoms with Crippen LogP contribution in [0, 0.1) is 11.7 Å². The summed E-state index contributed by atoms with van der Waals surface area (Å²) in [7, 11) is -3.67. The molecule has 0 radical (unpaired) electrons. The predicted octanol–water partition coefficient (Wildman–Crippen LogP) is 4.09. The number of carbonyl (C=O) groups is 1. The van der Waals surface area contributed by atoms with Crippen LogP contribution in [-0.4, -0.2) is 20.9 Å². The first-order chi connectivity index (χ1) is 13.2. The lowest BCUT2D eigenvalue weighted by Gasteiger charge is -2.30. The van der Waals surface area contributed by atoms with Crippen LogP contribution in [0.15, 0.2) is 42.5 Å². The van der Waals surface area contributed by atoms with Crippen molar-refractivity contribution in [2.75, 3.05) is 16.2 Å². The second-order valence-corrected chi connectivity index (χ2v) is 9.28. The number of nitrogens with zero attached hydrogens (tertiary/aromatic N) is 1. The van der Waals surface area contributed by atoms with Gasteiger partial charge < -0.3 is 4.90 Å². The molecule has 1 aliphatic heterocycles. The van der Waals surface area contributed by atoms with Crippen LogP contribution < -0.4 is 9.62 Å². The van der Waals surface area contributed by atoms with Gasteiger partial charge in [0, 0.05) is 24.3 Å². The number of benzene rings is 2. The quantitative estimate of drug-likeness (QED) is 0.756. The summed E-state index contributed by atoms with van der Waals surface area (Å²) >= 11 is 0. The molecule has 5 nitrogen and oxygen atoms in total. The van der Waals surface area contributed by atoms with Gasteiger partial charge in [0.25, 0.3) is 0 Å². The molecule has 2 aromatic carbocycles. The van der Waals surface area contributed by atoms with Crippen molar-refractivity contribution in [3.05, 3.63) is 59.4 Å². The van der Waals surface area contributed by atoms with Gasteiger partial charge in [-0.1, -0.05) is 26.0 Å². The Hall–Kier alpha value is -2.41. The average Bonchev–Trinajstić information content (AvgIpc) is 2.60. The van der Waals surface area contributed by atoms with Crippen molar-refractivity contribution in [2.24, 2.45) is 5.92 Å². The number of rotatable bonds is 7. The van der Waals surface area contributed by atoms with Gasteiger partial charge in [0.2, 0.25) is 15.9 Å². The highest BCUT2D eigenvalue weighted by Crippen LogP contribution is 2.31. The highest BCUT2D eigenvalue weighted by atomic mass is 32.2. The fraction of sp³-hybridized carbons (Fsp3) is 0.381. The van der Waals surface area contributed by atoms with Crippen molar-refractivity contribution >= 4 is 27.3 Å². The molecule has 0 spiro atoms. The number of hydrogen-bond donors (Lipinski definition) is 1. The van der Waals surface area contributed by atoms with Crippen LogP contribution in [-0.2, 0) is 27.0 Å². The summed E-state index contributed by atoms with van der Waals surface area (Å²) in [5.74, 6) is -0.173. The zero-order valence-electron chi connectivity index (χ0n) is 16.1. The zero-order chi connectivity index (χ0) is 20.3. The minimum Gasteiger partial charge on any atom is -0.312 e. The van der Waals surface area contributed by atoms with E-state index >= 15 is 0 Å². The third-order valence-corrected chi connectivity index (χ3v) is 5.99. The molecule has 2 aromatic rings. The standard InChI is InChI=1S/C21H25FN2O3S/c1-15(2)10-11-24-20-8-7-19(13-17(20)6-9-21(24)25)23-28(26,27)14-16-4-3-5-18(22)12-16/h3-5,7-8,12-13,15,23H,6,9-11,14H2,1-2H3. The molecule has 1 heterocycles. The molecule has 150 valence electrons. The molecular formula is C21H25FN2O3S. The van der Waals surface area contributed by atoms with E-state index in [0.29, 0.717) is 36.6 Å². The highest BCUT2D eigenvalue weighted by molar-refractivity contribution is 7.91. The Balaban J connectivity index is 1.76. The molecule has 7 heteroatoms. The van der Waals surface area contributed by atoms with Crippen LogP contribution in [0.3, 0.4) is 0 Å². The van der Waals surface area contributed by atoms with Crippen molar-refractivity contribution in [1.29, 1.82) is 0 Å². The lowest BCUT2D eigenvalue weighted by atomic mass is 9.99. The summed E-state index contributed by atoms with van der Waals surface area (Å²) < 4.78 is 40.7. The van der Waals surface area contributed by atoms with Gasteiger partial charge in [-0.05, 0) is 60.2 Å². The maximum Gasteiger partial charge on any atom is 0.236 e. The molecule has 1 aliphatic rings. The average molecular weight is 405 g/mol. The summed E-state index contributed by atoms with van der Waals surface area (Å²) in [4.78, 5) is 14.1. The third-order valence-electron chi connectivity index (χ3n) is 4.73. The molecule has 3 rings (SSSR count). The molecule has 1 N–H and O–H groups in total. The fourth-order valence-corrected chi connectivity index (χ4v) is 4.49. The Morgan fingerprint density at radius 3 is 2.64 bits per heavy atom. The summed E-state index contributed by atoms with van der Waals surface area (Å²) in [5.41, 5.74) is 2.64. The van der Waals surface area contributed by atoms with Gasteiger partial charge in [-0.15, -0.1) is 0 Å². The Morgan fingerprint density at radius 1 is 1.14 bits per heavy atom. The van der Waals surface area contributed by atoms with E-state index in [-0.39, 0.29) is 11.7 Å². The largest absolute Gasteiger partial charge is 0.312 e. The number of halogens is 1. The van der Waals surface area contributed by atoms with Crippen LogP contribution in [0.2, 0.25) is 0 Å². The zero-order valence-corrected chi connectivity index (χ0v) is 16.9. The maximum atomic E-state index is 13.3. The SMILES string of the molecule is CC(C)CCN1C(=O)CCc2cc(NS(=O)(=O)Cc3cccc(F)c3)ccc21. The first-order valence-electron chi connectivity index (χ1n) is 9.42. The van der Waals surface area contributed by atoms with Crippen LogP contribution in [0.4, 0.5) is 15.8 Å². The van der Waals surface area contributed by atoms with E-state index in [9.17, 15) is 17.6 Å². The van der Waals surface area contributed by atoms with E-state index in [4.69, 9.17) is 0 Å². The van der Waals surface area contributed by atoms with Gasteiger partial charge in [0.1, 0.15) is 5.82 Å². The first kappa shape index (κ1) is 20.3. The van der Waals surface area contributed by atoms with Gasteiger partial charge in [0.15, 0.2) is 0 Å². The van der Waals surface area contributed by atoms with Crippen molar-refractivity contribution in [3.63, 3.8) is 0 Å². The molecule has 0 aromatic heterocycles. The molecule has 28 heavy (non-hydrogen) atoms. The number of nitrogens with one attached hydrogen (secondary N) is 1. The van der Waals surface area contributed by atoms with Crippen LogP contribution in [0.5, 0.6) is 0 Å². The fourth-order valence-electron chi connectivity index (χ4n) is 3.32. The van der Waals surface area contributed by atoms with Crippen molar-refractivity contribution < 1.29 is 17.6 Å². The predicted molar refractivity (Wildman–Crippen MR) is 109 cm³/mol. The molecule has 0 saturated carbocycles. The number of anilines is 2. The van der Waals surface area contributed by atoms with E-state index in [1.807, 2.05) is 0 Å². The Morgan fingerprint density at radius 2 is 1.93 bits per heavy atom. The summed E-state index contributed by atoms with van der Waals surface area (Å²) in [6, 6.07) is 10.8. The summed E-state index contributed by atoms with van der Waals surface area (Å²) in [6.45, 7) is 4.89. The van der Waals surface area contributed by atoms with Gasteiger partial charge in [0.05, 0.1) is 5.75 Å². The lowest BCUT2D eigenvalue weighted by Crippen LogP contribution is -2.36. The second kappa shape index (κ2) is 8.31. The van der Waals surface area contributed by atoms with Crippen molar-refractivity contribution in [3.8, 4) is 0 Å². The number of hydrogen-bond acceptors (Lipinski definition) is 3. The minimum absolute atomic E-state index is 0.104. The topological polar surface area (TPSA) is 66.5 Å². The molecule has 0 fully saturated rings. The van der Waals surface area contributed by atoms with Crippen LogP contribution in [0.25, 0.3) is 0 Å². The van der Waals surface area contributed by atoms with Crippen molar-refractivity contribution in [2.45, 2.75) is 38.9 Å². The van der Waals surface area contributed by atoms with E-state index in [1.165, 1.54) is 18.2 Å². The molecule has 0 unspecified atom stereocenters. The van der Waals surface area contributed by atoms with Crippen LogP contribution >= 0.6 is 0 Å². The van der Waals surface area contributed by atoms with E-state index in [1.54, 1.807) is 29.2 Å². The van der Waals surface area contributed by atoms with Gasteiger partial charge in [-0.3, -0.25) is 9.52 Å².